The van der Waals surface area contributed by atoms with Crippen LogP contribution in [0.25, 0.3) is 33.1 Å². The minimum atomic E-state index is -0.312. The maximum absolute atomic E-state index is 2.46. The average molecular weight is 352 g/mol. The molecule has 0 amide bonds. The van der Waals surface area contributed by atoms with Crippen LogP contribution in [-0.2, 0) is 0 Å². The summed E-state index contributed by atoms with van der Waals surface area (Å²) in [7, 11) is -0.312. The van der Waals surface area contributed by atoms with E-state index in [2.05, 4.69) is 71.3 Å². The lowest BCUT2D eigenvalue weighted by molar-refractivity contribution is 0.735. The number of fused-ring (bicyclic) bond motifs is 6. The Labute approximate surface area is 155 Å². The van der Waals surface area contributed by atoms with E-state index in [1.165, 1.54) is 53.2 Å². The zero-order valence-corrected chi connectivity index (χ0v) is 16.2. The monoisotopic (exact) mass is 351 g/mol. The van der Waals surface area contributed by atoms with Gasteiger partial charge in [0.25, 0.3) is 0 Å². The summed E-state index contributed by atoms with van der Waals surface area (Å²) >= 11 is 0. The van der Waals surface area contributed by atoms with Crippen LogP contribution in [0, 0.1) is 0 Å². The first-order valence-electron chi connectivity index (χ1n) is 9.73. The molecule has 0 bridgehead atoms. The maximum atomic E-state index is 2.46. The molecule has 1 aromatic heterocycles. The highest BCUT2D eigenvalue weighted by Crippen LogP contribution is 2.39. The Morgan fingerprint density at radius 2 is 1.54 bits per heavy atom. The highest BCUT2D eigenvalue weighted by molar-refractivity contribution is 6.69. The average Bonchev–Trinajstić information content (AvgIpc) is 3.24. The summed E-state index contributed by atoms with van der Waals surface area (Å²) in [6, 6.07) is 24.6. The molecule has 1 aliphatic heterocycles. The fourth-order valence-corrected chi connectivity index (χ4v) is 7.66. The molecule has 0 atom stereocenters. The van der Waals surface area contributed by atoms with Crippen LogP contribution in [0.15, 0.2) is 71.9 Å². The lowest BCUT2D eigenvalue weighted by atomic mass is 9.93. The Morgan fingerprint density at radius 1 is 0.731 bits per heavy atom. The van der Waals surface area contributed by atoms with Gasteiger partial charge in [0, 0.05) is 16.5 Å². The molecule has 26 heavy (non-hydrogen) atoms. The van der Waals surface area contributed by atoms with Crippen molar-refractivity contribution < 1.29 is 0 Å². The zero-order chi connectivity index (χ0) is 17.1. The van der Waals surface area contributed by atoms with Crippen molar-refractivity contribution in [2.24, 2.45) is 0 Å². The van der Waals surface area contributed by atoms with E-state index in [0.717, 1.165) is 0 Å². The van der Waals surface area contributed by atoms with Crippen molar-refractivity contribution in [1.29, 1.82) is 0 Å². The van der Waals surface area contributed by atoms with E-state index in [1.807, 2.05) is 5.20 Å². The maximum Gasteiger partial charge on any atom is 0.0845 e. The SMILES string of the molecule is c1ccc(-n2c3ccccc3c3c4c(ccc32)C2=C(CCCC2)[SiH2]4)cc1. The number of hydrogen-bond acceptors (Lipinski definition) is 0. The molecule has 1 aliphatic carbocycles. The Morgan fingerprint density at radius 3 is 2.46 bits per heavy atom. The first-order chi connectivity index (χ1) is 12.9. The zero-order valence-electron chi connectivity index (χ0n) is 14.8. The molecule has 1 nitrogen and oxygen atoms in total. The normalized spacial score (nSPS) is 17.2. The topological polar surface area (TPSA) is 4.93 Å². The predicted octanol–water partition coefficient (Wildman–Crippen LogP) is 4.88. The van der Waals surface area contributed by atoms with Crippen molar-refractivity contribution in [3.05, 3.63) is 77.5 Å². The Hall–Kier alpha value is -2.58. The van der Waals surface area contributed by atoms with Crippen LogP contribution < -0.4 is 5.19 Å². The van der Waals surface area contributed by atoms with Crippen LogP contribution in [0.4, 0.5) is 0 Å². The predicted molar refractivity (Wildman–Crippen MR) is 114 cm³/mol. The van der Waals surface area contributed by atoms with Gasteiger partial charge in [-0.25, -0.2) is 0 Å². The largest absolute Gasteiger partial charge is 0.309 e. The van der Waals surface area contributed by atoms with Crippen molar-refractivity contribution in [2.45, 2.75) is 25.7 Å². The number of allylic oxidation sites excluding steroid dienone is 2. The lowest BCUT2D eigenvalue weighted by Crippen LogP contribution is -2.15. The van der Waals surface area contributed by atoms with E-state index in [4.69, 9.17) is 0 Å². The van der Waals surface area contributed by atoms with Crippen molar-refractivity contribution >= 4 is 42.1 Å². The number of para-hydroxylation sites is 2. The van der Waals surface area contributed by atoms with Gasteiger partial charge in [-0.3, -0.25) is 0 Å². The van der Waals surface area contributed by atoms with Crippen molar-refractivity contribution in [2.75, 3.05) is 0 Å². The first kappa shape index (κ1) is 14.6. The number of nitrogens with zero attached hydrogens (tertiary/aromatic N) is 1. The molecule has 0 spiro atoms. The van der Waals surface area contributed by atoms with Crippen LogP contribution in [0.1, 0.15) is 31.2 Å². The number of aromatic nitrogens is 1. The summed E-state index contributed by atoms with van der Waals surface area (Å²) < 4.78 is 2.46. The lowest BCUT2D eigenvalue weighted by Gasteiger charge is -2.14. The van der Waals surface area contributed by atoms with Crippen LogP contribution in [0.3, 0.4) is 0 Å². The van der Waals surface area contributed by atoms with Crippen LogP contribution in [0.2, 0.25) is 0 Å². The van der Waals surface area contributed by atoms with E-state index in [9.17, 15) is 0 Å². The van der Waals surface area contributed by atoms with E-state index >= 15 is 0 Å². The summed E-state index contributed by atoms with van der Waals surface area (Å²) in [4.78, 5) is 0. The van der Waals surface area contributed by atoms with Gasteiger partial charge in [-0.15, -0.1) is 0 Å². The minimum absolute atomic E-state index is 0.312. The minimum Gasteiger partial charge on any atom is -0.309 e. The molecule has 0 fully saturated rings. The Bertz CT molecular complexity index is 1200. The summed E-state index contributed by atoms with van der Waals surface area (Å²) in [5, 5.41) is 6.51. The Kier molecular flexibility index (Phi) is 3.06. The van der Waals surface area contributed by atoms with Gasteiger partial charge in [0.2, 0.25) is 0 Å². The molecule has 2 heterocycles. The fourth-order valence-electron chi connectivity index (χ4n) is 5.16. The van der Waals surface area contributed by atoms with Gasteiger partial charge in [0.1, 0.15) is 0 Å². The molecule has 2 heteroatoms. The second-order valence-corrected chi connectivity index (χ2v) is 9.55. The third-order valence-corrected chi connectivity index (χ3v) is 8.55. The molecule has 3 aromatic carbocycles. The van der Waals surface area contributed by atoms with Crippen LogP contribution in [0.5, 0.6) is 0 Å². The Balaban J connectivity index is 1.72. The van der Waals surface area contributed by atoms with Gasteiger partial charge in [-0.2, -0.15) is 0 Å². The molecule has 0 N–H and O–H groups in total. The second-order valence-electron chi connectivity index (χ2n) is 7.64. The fraction of sp³-hybridized carbons (Fsp3) is 0.167. The molecular weight excluding hydrogens is 330 g/mol. The van der Waals surface area contributed by atoms with E-state index in [1.54, 1.807) is 16.3 Å². The number of benzene rings is 3. The summed E-state index contributed by atoms with van der Waals surface area (Å²) in [6.45, 7) is 0. The van der Waals surface area contributed by atoms with E-state index < -0.39 is 0 Å². The van der Waals surface area contributed by atoms with Crippen LogP contribution >= 0.6 is 0 Å². The van der Waals surface area contributed by atoms with Crippen molar-refractivity contribution in [1.82, 2.24) is 4.57 Å². The smallest absolute Gasteiger partial charge is 0.0845 e. The summed E-state index contributed by atoms with van der Waals surface area (Å²) in [6.07, 6.45) is 5.43. The third-order valence-electron chi connectivity index (χ3n) is 6.26. The van der Waals surface area contributed by atoms with Crippen molar-refractivity contribution in [3.8, 4) is 5.69 Å². The van der Waals surface area contributed by atoms with Crippen molar-refractivity contribution in [3.63, 3.8) is 0 Å². The standard InChI is InChI=1S/C24H21NSi/c1-2-8-16(9-3-1)25-20-12-6-4-11-19(20)23-21(25)15-14-18-17-10-5-7-13-22(17)26-24(18)23/h1-4,6,8-9,11-12,14-15H,5,7,10,13,26H2. The number of rotatable bonds is 1. The molecule has 0 saturated heterocycles. The van der Waals surface area contributed by atoms with Gasteiger partial charge in [-0.1, -0.05) is 47.7 Å². The molecular formula is C24H21NSi. The quantitative estimate of drug-likeness (QED) is 0.431. The second kappa shape index (κ2) is 5.45. The summed E-state index contributed by atoms with van der Waals surface area (Å²) in [5.74, 6) is 0. The van der Waals surface area contributed by atoms with Gasteiger partial charge in [-0.05, 0) is 66.3 Å². The highest BCUT2D eigenvalue weighted by atomic mass is 28.2. The van der Waals surface area contributed by atoms with Gasteiger partial charge >= 0.3 is 0 Å². The molecule has 0 radical (unpaired) electrons. The van der Waals surface area contributed by atoms with Gasteiger partial charge < -0.3 is 4.57 Å². The molecule has 6 rings (SSSR count). The molecule has 0 unspecified atom stereocenters. The highest BCUT2D eigenvalue weighted by Gasteiger charge is 2.27. The molecule has 4 aromatic rings. The van der Waals surface area contributed by atoms with E-state index in [-0.39, 0.29) is 9.52 Å². The van der Waals surface area contributed by atoms with E-state index in [0.29, 0.717) is 0 Å². The molecule has 126 valence electrons. The van der Waals surface area contributed by atoms with Gasteiger partial charge in [0.15, 0.2) is 0 Å². The first-order valence-corrected chi connectivity index (χ1v) is 11.1. The number of hydrogen-bond donors (Lipinski definition) is 0. The van der Waals surface area contributed by atoms with Gasteiger partial charge in [0.05, 0.1) is 20.6 Å². The van der Waals surface area contributed by atoms with Crippen LogP contribution in [-0.4, -0.2) is 14.1 Å². The third kappa shape index (κ3) is 1.91. The molecule has 0 saturated carbocycles. The summed E-state index contributed by atoms with van der Waals surface area (Å²) in [5.41, 5.74) is 7.28. The molecule has 2 aliphatic rings.